The number of carbonyl (C=O) groups is 3. The molecule has 138 valence electrons. The SMILES string of the molecule is CCCCCOCCOCCOCCC(=O)ON1C(=O)CCC1=O. The molecule has 0 radical (unpaired) electrons. The molecule has 0 aromatic rings. The Morgan fingerprint density at radius 3 is 2.00 bits per heavy atom. The molecule has 8 nitrogen and oxygen atoms in total. The summed E-state index contributed by atoms with van der Waals surface area (Å²) in [5, 5.41) is 0.534. The highest BCUT2D eigenvalue weighted by atomic mass is 16.7. The number of hydrogen-bond donors (Lipinski definition) is 0. The van der Waals surface area contributed by atoms with E-state index in [2.05, 4.69) is 6.92 Å². The minimum Gasteiger partial charge on any atom is -0.379 e. The Labute approximate surface area is 142 Å². The monoisotopic (exact) mass is 345 g/mol. The van der Waals surface area contributed by atoms with E-state index in [0.29, 0.717) is 31.5 Å². The fourth-order valence-corrected chi connectivity index (χ4v) is 1.96. The lowest BCUT2D eigenvalue weighted by atomic mass is 10.3. The second kappa shape index (κ2) is 12.9. The Hall–Kier alpha value is -1.51. The van der Waals surface area contributed by atoms with E-state index in [1.807, 2.05) is 0 Å². The first-order valence-corrected chi connectivity index (χ1v) is 8.45. The normalized spacial score (nSPS) is 14.5. The second-order valence-corrected chi connectivity index (χ2v) is 5.34. The molecule has 1 aliphatic heterocycles. The van der Waals surface area contributed by atoms with Gasteiger partial charge in [-0.25, -0.2) is 4.79 Å². The Balaban J connectivity index is 1.87. The molecule has 8 heteroatoms. The molecular weight excluding hydrogens is 318 g/mol. The maximum atomic E-state index is 11.5. The van der Waals surface area contributed by atoms with Gasteiger partial charge in [0.05, 0.1) is 39.5 Å². The predicted octanol–water partition coefficient (Wildman–Crippen LogP) is 1.22. The van der Waals surface area contributed by atoms with Crippen LogP contribution in [0.15, 0.2) is 0 Å². The van der Waals surface area contributed by atoms with Crippen molar-refractivity contribution in [2.45, 2.75) is 45.4 Å². The molecule has 0 aliphatic carbocycles. The van der Waals surface area contributed by atoms with Crippen molar-refractivity contribution < 1.29 is 33.4 Å². The third kappa shape index (κ3) is 8.95. The zero-order valence-electron chi connectivity index (χ0n) is 14.3. The highest BCUT2D eigenvalue weighted by Crippen LogP contribution is 2.12. The number of carbonyl (C=O) groups excluding carboxylic acids is 3. The molecule has 0 aromatic heterocycles. The molecule has 0 unspecified atom stereocenters. The number of amides is 2. The Bertz CT molecular complexity index is 384. The molecule has 0 spiro atoms. The molecule has 2 amide bonds. The molecule has 1 rings (SSSR count). The fourth-order valence-electron chi connectivity index (χ4n) is 1.96. The molecule has 0 N–H and O–H groups in total. The van der Waals surface area contributed by atoms with Crippen LogP contribution in [0.5, 0.6) is 0 Å². The number of rotatable bonds is 14. The molecule has 24 heavy (non-hydrogen) atoms. The molecule has 0 bridgehead atoms. The molecule has 0 saturated carbocycles. The standard InChI is InChI=1S/C16H27NO7/c1-2-3-4-8-21-10-12-23-13-11-22-9-7-16(20)24-17-14(18)5-6-15(17)19/h2-13H2,1H3. The van der Waals surface area contributed by atoms with Crippen LogP contribution in [0.4, 0.5) is 0 Å². The number of hydrogen-bond acceptors (Lipinski definition) is 7. The van der Waals surface area contributed by atoms with E-state index in [-0.39, 0.29) is 25.9 Å². The summed E-state index contributed by atoms with van der Waals surface area (Å²) in [4.78, 5) is 38.7. The van der Waals surface area contributed by atoms with Crippen LogP contribution in [-0.4, -0.2) is 62.5 Å². The largest absolute Gasteiger partial charge is 0.379 e. The van der Waals surface area contributed by atoms with Crippen LogP contribution in [0.1, 0.15) is 45.4 Å². The summed E-state index contributed by atoms with van der Waals surface area (Å²) in [5.41, 5.74) is 0. The summed E-state index contributed by atoms with van der Waals surface area (Å²) in [7, 11) is 0. The Morgan fingerprint density at radius 2 is 1.42 bits per heavy atom. The zero-order valence-corrected chi connectivity index (χ0v) is 14.3. The van der Waals surface area contributed by atoms with Crippen molar-refractivity contribution >= 4 is 17.8 Å². The topological polar surface area (TPSA) is 91.4 Å². The van der Waals surface area contributed by atoms with E-state index in [1.54, 1.807) is 0 Å². The maximum Gasteiger partial charge on any atom is 0.335 e. The van der Waals surface area contributed by atoms with Crippen LogP contribution in [-0.2, 0) is 33.4 Å². The minimum atomic E-state index is -0.667. The lowest BCUT2D eigenvalue weighted by Gasteiger charge is -2.12. The molecule has 1 fully saturated rings. The quantitative estimate of drug-likeness (QED) is 0.345. The van der Waals surface area contributed by atoms with E-state index in [9.17, 15) is 14.4 Å². The highest BCUT2D eigenvalue weighted by Gasteiger charge is 2.32. The summed E-state index contributed by atoms with van der Waals surface area (Å²) in [6.07, 6.45) is 3.57. The van der Waals surface area contributed by atoms with Crippen LogP contribution in [0, 0.1) is 0 Å². The molecule has 0 atom stereocenters. The average Bonchev–Trinajstić information content (AvgIpc) is 2.88. The van der Waals surface area contributed by atoms with Crippen LogP contribution >= 0.6 is 0 Å². The number of unbranched alkanes of at least 4 members (excludes halogenated alkanes) is 2. The van der Waals surface area contributed by atoms with Crippen LogP contribution in [0.25, 0.3) is 0 Å². The summed E-state index contributed by atoms with van der Waals surface area (Å²) in [5.74, 6) is -1.64. The van der Waals surface area contributed by atoms with Crippen LogP contribution < -0.4 is 0 Å². The molecule has 1 heterocycles. The van der Waals surface area contributed by atoms with Gasteiger partial charge in [0.25, 0.3) is 11.8 Å². The smallest absolute Gasteiger partial charge is 0.335 e. The van der Waals surface area contributed by atoms with Crippen LogP contribution in [0.2, 0.25) is 0 Å². The highest BCUT2D eigenvalue weighted by molar-refractivity contribution is 6.01. The summed E-state index contributed by atoms with van der Waals surface area (Å²) >= 11 is 0. The van der Waals surface area contributed by atoms with Crippen molar-refractivity contribution in [1.29, 1.82) is 0 Å². The Kier molecular flexibility index (Phi) is 11.0. The molecule has 1 aliphatic rings. The van der Waals surface area contributed by atoms with Gasteiger partial charge >= 0.3 is 5.97 Å². The first-order chi connectivity index (χ1) is 11.6. The van der Waals surface area contributed by atoms with E-state index in [1.165, 1.54) is 12.8 Å². The number of imide groups is 1. The number of ether oxygens (including phenoxy) is 3. The Morgan fingerprint density at radius 1 is 0.875 bits per heavy atom. The van der Waals surface area contributed by atoms with E-state index in [4.69, 9.17) is 19.0 Å². The molecular formula is C16H27NO7. The minimum absolute atomic E-state index is 0.0302. The van der Waals surface area contributed by atoms with Crippen LogP contribution in [0.3, 0.4) is 0 Å². The molecule has 0 aromatic carbocycles. The van der Waals surface area contributed by atoms with Crippen molar-refractivity contribution in [1.82, 2.24) is 5.06 Å². The second-order valence-electron chi connectivity index (χ2n) is 5.34. The van der Waals surface area contributed by atoms with E-state index >= 15 is 0 Å². The lowest BCUT2D eigenvalue weighted by Crippen LogP contribution is -2.32. The van der Waals surface area contributed by atoms with Gasteiger partial charge in [-0.2, -0.15) is 0 Å². The summed E-state index contributed by atoms with van der Waals surface area (Å²) in [6, 6.07) is 0. The van der Waals surface area contributed by atoms with Gasteiger partial charge < -0.3 is 19.0 Å². The first kappa shape index (κ1) is 20.5. The van der Waals surface area contributed by atoms with Gasteiger partial charge in [0.1, 0.15) is 0 Å². The molecule has 1 saturated heterocycles. The van der Waals surface area contributed by atoms with E-state index in [0.717, 1.165) is 13.0 Å². The fraction of sp³-hybridized carbons (Fsp3) is 0.812. The maximum absolute atomic E-state index is 11.5. The summed E-state index contributed by atoms with van der Waals surface area (Å²) < 4.78 is 15.9. The van der Waals surface area contributed by atoms with Crippen molar-refractivity contribution in [3.63, 3.8) is 0 Å². The van der Waals surface area contributed by atoms with Gasteiger partial charge in [0.2, 0.25) is 0 Å². The van der Waals surface area contributed by atoms with Crippen molar-refractivity contribution in [2.75, 3.05) is 39.6 Å². The predicted molar refractivity (Wildman–Crippen MR) is 83.8 cm³/mol. The van der Waals surface area contributed by atoms with Gasteiger partial charge in [-0.1, -0.05) is 19.8 Å². The van der Waals surface area contributed by atoms with Gasteiger partial charge in [0, 0.05) is 19.4 Å². The number of nitrogens with zero attached hydrogens (tertiary/aromatic N) is 1. The van der Waals surface area contributed by atoms with Gasteiger partial charge in [-0.3, -0.25) is 9.59 Å². The lowest BCUT2D eigenvalue weighted by molar-refractivity contribution is -0.198. The average molecular weight is 345 g/mol. The van der Waals surface area contributed by atoms with Gasteiger partial charge in [0.15, 0.2) is 0 Å². The summed E-state index contributed by atoms with van der Waals surface area (Å²) in [6.45, 7) is 4.89. The van der Waals surface area contributed by atoms with E-state index < -0.39 is 17.8 Å². The van der Waals surface area contributed by atoms with Gasteiger partial charge in [-0.05, 0) is 6.42 Å². The van der Waals surface area contributed by atoms with Crippen molar-refractivity contribution in [2.24, 2.45) is 0 Å². The third-order valence-corrected chi connectivity index (χ3v) is 3.29. The third-order valence-electron chi connectivity index (χ3n) is 3.29. The first-order valence-electron chi connectivity index (χ1n) is 8.45. The zero-order chi connectivity index (χ0) is 17.6. The van der Waals surface area contributed by atoms with Gasteiger partial charge in [-0.15, -0.1) is 5.06 Å². The van der Waals surface area contributed by atoms with Crippen molar-refractivity contribution in [3.05, 3.63) is 0 Å². The van der Waals surface area contributed by atoms with Crippen molar-refractivity contribution in [3.8, 4) is 0 Å². The number of hydroxylamine groups is 2.